The predicted molar refractivity (Wildman–Crippen MR) is 92.7 cm³/mol. The maximum atomic E-state index is 12.2. The van der Waals surface area contributed by atoms with Crippen molar-refractivity contribution in [2.24, 2.45) is 16.4 Å². The molecule has 0 saturated heterocycles. The maximum absolute atomic E-state index is 12.2. The smallest absolute Gasteiger partial charge is 0.266 e. The second-order valence-electron chi connectivity index (χ2n) is 7.67. The van der Waals surface area contributed by atoms with Crippen molar-refractivity contribution in [2.45, 2.75) is 65.7 Å². The first kappa shape index (κ1) is 15.7. The average Bonchev–Trinajstić information content (AvgIpc) is 3.05. The summed E-state index contributed by atoms with van der Waals surface area (Å²) >= 11 is 1.64. The van der Waals surface area contributed by atoms with Gasteiger partial charge in [-0.15, -0.1) is 11.3 Å². The Labute approximate surface area is 137 Å². The van der Waals surface area contributed by atoms with E-state index in [0.29, 0.717) is 5.41 Å². The molecule has 1 saturated carbocycles. The largest absolute Gasteiger partial charge is 0.281 e. The van der Waals surface area contributed by atoms with Gasteiger partial charge in [-0.25, -0.2) is 5.43 Å². The minimum absolute atomic E-state index is 0.0372. The number of hydrogen-bond acceptors (Lipinski definition) is 3. The van der Waals surface area contributed by atoms with Crippen LogP contribution in [-0.4, -0.2) is 11.6 Å². The first-order chi connectivity index (χ1) is 10.4. The zero-order valence-corrected chi connectivity index (χ0v) is 14.7. The average molecular weight is 318 g/mol. The molecule has 4 heteroatoms. The highest BCUT2D eigenvalue weighted by atomic mass is 32.1. The summed E-state index contributed by atoms with van der Waals surface area (Å²) < 4.78 is 0. The van der Waals surface area contributed by atoms with Crippen molar-refractivity contribution >= 4 is 23.0 Å². The van der Waals surface area contributed by atoms with Gasteiger partial charge in [-0.3, -0.25) is 4.79 Å². The van der Waals surface area contributed by atoms with E-state index in [1.165, 1.54) is 29.7 Å². The quantitative estimate of drug-likeness (QED) is 0.798. The van der Waals surface area contributed by atoms with E-state index in [1.54, 1.807) is 11.3 Å². The van der Waals surface area contributed by atoms with E-state index in [2.05, 4.69) is 37.4 Å². The van der Waals surface area contributed by atoms with Gasteiger partial charge in [-0.2, -0.15) is 5.10 Å². The van der Waals surface area contributed by atoms with Crippen LogP contribution in [0, 0.1) is 11.3 Å². The minimum Gasteiger partial charge on any atom is -0.266 e. The molecule has 3 nitrogen and oxygen atoms in total. The molecule has 3 rings (SSSR count). The van der Waals surface area contributed by atoms with Crippen molar-refractivity contribution in [3.05, 3.63) is 21.4 Å². The lowest BCUT2D eigenvalue weighted by atomic mass is 9.72. The van der Waals surface area contributed by atoms with Crippen LogP contribution in [0.3, 0.4) is 0 Å². The Hall–Kier alpha value is -1.16. The van der Waals surface area contributed by atoms with Crippen LogP contribution < -0.4 is 5.43 Å². The monoisotopic (exact) mass is 318 g/mol. The van der Waals surface area contributed by atoms with Gasteiger partial charge in [-0.05, 0) is 67.9 Å². The molecule has 1 aromatic rings. The van der Waals surface area contributed by atoms with Crippen LogP contribution in [-0.2, 0) is 12.8 Å². The van der Waals surface area contributed by atoms with Gasteiger partial charge in [0.15, 0.2) is 0 Å². The van der Waals surface area contributed by atoms with Crippen LogP contribution in [0.1, 0.15) is 73.0 Å². The molecule has 1 fully saturated rings. The lowest BCUT2D eigenvalue weighted by Crippen LogP contribution is -2.27. The van der Waals surface area contributed by atoms with E-state index in [-0.39, 0.29) is 5.91 Å². The number of hydrazone groups is 1. The summed E-state index contributed by atoms with van der Waals surface area (Å²) in [4.78, 5) is 14.4. The number of thiophene rings is 1. The summed E-state index contributed by atoms with van der Waals surface area (Å²) in [6.07, 6.45) is 7.90. The summed E-state index contributed by atoms with van der Waals surface area (Å²) in [5.74, 6) is 0.729. The van der Waals surface area contributed by atoms with Gasteiger partial charge in [0.05, 0.1) is 4.88 Å². The van der Waals surface area contributed by atoms with E-state index >= 15 is 0 Å². The third-order valence-electron chi connectivity index (χ3n) is 5.07. The second-order valence-corrected chi connectivity index (χ2v) is 8.81. The molecular weight excluding hydrogens is 292 g/mol. The lowest BCUT2D eigenvalue weighted by Gasteiger charge is -2.34. The third kappa shape index (κ3) is 3.43. The molecule has 1 heterocycles. The number of fused-ring (bicyclic) bond motifs is 1. The fraction of sp³-hybridized carbons (Fsp3) is 0.667. The number of nitrogens with one attached hydrogen (secondary N) is 1. The zero-order valence-electron chi connectivity index (χ0n) is 13.9. The fourth-order valence-corrected chi connectivity index (χ4v) is 4.70. The van der Waals surface area contributed by atoms with Crippen molar-refractivity contribution < 1.29 is 4.79 Å². The topological polar surface area (TPSA) is 41.5 Å². The van der Waals surface area contributed by atoms with Crippen LogP contribution in [0.15, 0.2) is 11.2 Å². The van der Waals surface area contributed by atoms with Crippen LogP contribution in [0.4, 0.5) is 0 Å². The summed E-state index contributed by atoms with van der Waals surface area (Å²) in [6.45, 7) is 6.95. The van der Waals surface area contributed by atoms with Gasteiger partial charge in [0.1, 0.15) is 0 Å². The van der Waals surface area contributed by atoms with E-state index in [4.69, 9.17) is 0 Å². The molecule has 0 unspecified atom stereocenters. The van der Waals surface area contributed by atoms with Crippen LogP contribution in [0.5, 0.6) is 0 Å². The van der Waals surface area contributed by atoms with E-state index in [0.717, 1.165) is 42.2 Å². The Kier molecular flexibility index (Phi) is 4.40. The number of carbonyl (C=O) groups excluding carboxylic acids is 1. The molecule has 2 aliphatic carbocycles. The third-order valence-corrected chi connectivity index (χ3v) is 6.31. The van der Waals surface area contributed by atoms with Crippen molar-refractivity contribution in [2.75, 3.05) is 0 Å². The second kappa shape index (κ2) is 6.15. The van der Waals surface area contributed by atoms with Gasteiger partial charge >= 0.3 is 0 Å². The van der Waals surface area contributed by atoms with E-state index in [1.807, 2.05) is 0 Å². The van der Waals surface area contributed by atoms with E-state index in [9.17, 15) is 4.79 Å². The highest BCUT2D eigenvalue weighted by molar-refractivity contribution is 7.14. The Bertz CT molecular complexity index is 563. The van der Waals surface area contributed by atoms with Gasteiger partial charge in [0.2, 0.25) is 0 Å². The number of rotatable bonds is 2. The molecule has 1 amide bonds. The Balaban J connectivity index is 1.54. The van der Waals surface area contributed by atoms with Crippen molar-refractivity contribution in [1.82, 2.24) is 5.43 Å². The molecule has 1 N–H and O–H groups in total. The van der Waals surface area contributed by atoms with Crippen LogP contribution >= 0.6 is 11.3 Å². The molecule has 2 aliphatic rings. The van der Waals surface area contributed by atoms with Crippen molar-refractivity contribution in [3.63, 3.8) is 0 Å². The highest BCUT2D eigenvalue weighted by Gasteiger charge is 2.28. The molecule has 0 spiro atoms. The number of aryl methyl sites for hydroxylation is 2. The molecule has 120 valence electrons. The van der Waals surface area contributed by atoms with E-state index < -0.39 is 0 Å². The molecule has 0 atom stereocenters. The summed E-state index contributed by atoms with van der Waals surface area (Å²) in [6, 6.07) is 2.05. The first-order valence-corrected chi connectivity index (χ1v) is 9.22. The summed E-state index contributed by atoms with van der Waals surface area (Å²) in [7, 11) is 0. The molecule has 0 aromatic carbocycles. The highest BCUT2D eigenvalue weighted by Crippen LogP contribution is 2.36. The molecular formula is C18H26N2OS. The number of amides is 1. The van der Waals surface area contributed by atoms with Crippen LogP contribution in [0.25, 0.3) is 0 Å². The summed E-state index contributed by atoms with van der Waals surface area (Å²) in [5.41, 5.74) is 5.67. The molecule has 0 radical (unpaired) electrons. The Morgan fingerprint density at radius 1 is 1.23 bits per heavy atom. The molecule has 22 heavy (non-hydrogen) atoms. The van der Waals surface area contributed by atoms with Gasteiger partial charge < -0.3 is 0 Å². The Morgan fingerprint density at radius 2 is 1.95 bits per heavy atom. The van der Waals surface area contributed by atoms with Crippen LogP contribution in [0.2, 0.25) is 0 Å². The normalized spacial score (nSPS) is 21.6. The van der Waals surface area contributed by atoms with Gasteiger partial charge in [0, 0.05) is 10.6 Å². The summed E-state index contributed by atoms with van der Waals surface area (Å²) in [5, 5.41) is 4.38. The predicted octanol–water partition coefficient (Wildman–Crippen LogP) is 4.56. The SMILES string of the molecule is CC(C)(C)C1CCC(=NNC(=O)c2cc3c(s2)CCC3)CC1. The molecule has 0 bridgehead atoms. The molecule has 0 aliphatic heterocycles. The first-order valence-electron chi connectivity index (χ1n) is 8.41. The van der Waals surface area contributed by atoms with Gasteiger partial charge in [-0.1, -0.05) is 20.8 Å². The fourth-order valence-electron chi connectivity index (χ4n) is 3.55. The Morgan fingerprint density at radius 3 is 2.59 bits per heavy atom. The zero-order chi connectivity index (χ0) is 15.7. The molecule has 1 aromatic heterocycles. The minimum atomic E-state index is -0.0372. The standard InChI is InChI=1S/C18H26N2OS/c1-18(2,3)13-7-9-14(10-8-13)19-20-17(21)16-11-12-5-4-6-15(12)22-16/h11,13H,4-10H2,1-3H3,(H,20,21). The number of nitrogens with zero attached hydrogens (tertiary/aromatic N) is 1. The van der Waals surface area contributed by atoms with Crippen molar-refractivity contribution in [3.8, 4) is 0 Å². The lowest BCUT2D eigenvalue weighted by molar-refractivity contribution is 0.0958. The van der Waals surface area contributed by atoms with Crippen molar-refractivity contribution in [1.29, 1.82) is 0 Å². The van der Waals surface area contributed by atoms with Gasteiger partial charge in [0.25, 0.3) is 5.91 Å². The number of carbonyl (C=O) groups is 1. The maximum Gasteiger partial charge on any atom is 0.281 e. The number of hydrogen-bond donors (Lipinski definition) is 1.